The van der Waals surface area contributed by atoms with Crippen LogP contribution in [0.25, 0.3) is 16.2 Å². The lowest BCUT2D eigenvalue weighted by molar-refractivity contribution is 0.131. The highest BCUT2D eigenvalue weighted by atomic mass is 32.1. The number of nitrogens with zero attached hydrogens (tertiary/aromatic N) is 3. The highest BCUT2D eigenvalue weighted by molar-refractivity contribution is 7.13. The van der Waals surface area contributed by atoms with Gasteiger partial charge in [-0.05, 0) is 24.3 Å². The van der Waals surface area contributed by atoms with Gasteiger partial charge in [0.1, 0.15) is 11.3 Å². The summed E-state index contributed by atoms with van der Waals surface area (Å²) < 4.78 is 1.79. The molecule has 3 aromatic rings. The number of rotatable bonds is 2. The Labute approximate surface area is 141 Å². The molecule has 0 saturated carbocycles. The molecule has 0 aliphatic carbocycles. The standard InChI is InChI=1S/C16H16N4O3S/c21-15-9-12(10-3-5-19(6-4-10)16(22)23)20-14(17-15)8-11(18-20)13-2-1-7-24-13/h1-2,7-10H,3-6H2,(H,17,21)(H,22,23). The number of hydrogen-bond donors (Lipinski definition) is 2. The Morgan fingerprint density at radius 2 is 2.12 bits per heavy atom. The normalized spacial score (nSPS) is 15.9. The fourth-order valence-electron chi connectivity index (χ4n) is 3.23. The minimum absolute atomic E-state index is 0.126. The second-order valence-corrected chi connectivity index (χ2v) is 6.85. The topological polar surface area (TPSA) is 90.7 Å². The molecule has 124 valence electrons. The maximum absolute atomic E-state index is 12.0. The van der Waals surface area contributed by atoms with E-state index in [0.717, 1.165) is 16.3 Å². The Bertz CT molecular complexity index is 936. The van der Waals surface area contributed by atoms with Gasteiger partial charge in [0, 0.05) is 31.1 Å². The minimum Gasteiger partial charge on any atom is -0.465 e. The molecule has 1 amide bonds. The van der Waals surface area contributed by atoms with Crippen LogP contribution in [0.4, 0.5) is 4.79 Å². The number of fused-ring (bicyclic) bond motifs is 1. The molecule has 8 heteroatoms. The maximum atomic E-state index is 12.0. The van der Waals surface area contributed by atoms with Crippen molar-refractivity contribution in [2.24, 2.45) is 0 Å². The molecular formula is C16H16N4O3S. The number of H-pyrrole nitrogens is 1. The molecule has 1 aliphatic heterocycles. The third-order valence-corrected chi connectivity index (χ3v) is 5.33. The number of thiophene rings is 1. The third kappa shape index (κ3) is 2.58. The first kappa shape index (κ1) is 14.9. The van der Waals surface area contributed by atoms with Crippen molar-refractivity contribution in [1.82, 2.24) is 19.5 Å². The summed E-state index contributed by atoms with van der Waals surface area (Å²) in [6, 6.07) is 7.42. The van der Waals surface area contributed by atoms with Crippen LogP contribution in [0, 0.1) is 0 Å². The maximum Gasteiger partial charge on any atom is 0.407 e. The van der Waals surface area contributed by atoms with E-state index in [0.29, 0.717) is 31.6 Å². The number of aromatic amines is 1. The van der Waals surface area contributed by atoms with Crippen molar-refractivity contribution in [1.29, 1.82) is 0 Å². The van der Waals surface area contributed by atoms with Crippen molar-refractivity contribution in [3.05, 3.63) is 45.7 Å². The number of carbonyl (C=O) groups is 1. The second kappa shape index (κ2) is 5.79. The molecule has 4 heterocycles. The molecule has 1 aliphatic rings. The van der Waals surface area contributed by atoms with Crippen molar-refractivity contribution in [3.63, 3.8) is 0 Å². The fourth-order valence-corrected chi connectivity index (χ4v) is 3.91. The summed E-state index contributed by atoms with van der Waals surface area (Å²) in [6.45, 7) is 0.959. The Kier molecular flexibility index (Phi) is 3.61. The molecule has 0 radical (unpaired) electrons. The molecule has 0 atom stereocenters. The van der Waals surface area contributed by atoms with Gasteiger partial charge in [0.15, 0.2) is 0 Å². The number of amides is 1. The van der Waals surface area contributed by atoms with E-state index in [4.69, 9.17) is 5.11 Å². The quantitative estimate of drug-likeness (QED) is 0.748. The van der Waals surface area contributed by atoms with Crippen molar-refractivity contribution < 1.29 is 9.90 Å². The first-order chi connectivity index (χ1) is 11.6. The van der Waals surface area contributed by atoms with Crippen LogP contribution in [0.3, 0.4) is 0 Å². The molecule has 3 aromatic heterocycles. The average Bonchev–Trinajstić information content (AvgIpc) is 3.23. The second-order valence-electron chi connectivity index (χ2n) is 5.91. The van der Waals surface area contributed by atoms with Crippen LogP contribution in [0.2, 0.25) is 0 Å². The van der Waals surface area contributed by atoms with Crippen LogP contribution in [0.15, 0.2) is 34.4 Å². The van der Waals surface area contributed by atoms with E-state index >= 15 is 0 Å². The van der Waals surface area contributed by atoms with E-state index in [1.54, 1.807) is 21.9 Å². The molecule has 24 heavy (non-hydrogen) atoms. The molecule has 7 nitrogen and oxygen atoms in total. The zero-order valence-electron chi connectivity index (χ0n) is 12.8. The zero-order chi connectivity index (χ0) is 16.7. The summed E-state index contributed by atoms with van der Waals surface area (Å²) in [5, 5.41) is 15.7. The summed E-state index contributed by atoms with van der Waals surface area (Å²) in [5.41, 5.74) is 2.19. The molecule has 2 N–H and O–H groups in total. The highest BCUT2D eigenvalue weighted by Crippen LogP contribution is 2.29. The van der Waals surface area contributed by atoms with Crippen molar-refractivity contribution in [2.45, 2.75) is 18.8 Å². The average molecular weight is 344 g/mol. The molecular weight excluding hydrogens is 328 g/mol. The van der Waals surface area contributed by atoms with Gasteiger partial charge in [0.05, 0.1) is 10.6 Å². The van der Waals surface area contributed by atoms with Crippen LogP contribution in [-0.4, -0.2) is 43.8 Å². The lowest BCUT2D eigenvalue weighted by Crippen LogP contribution is -2.37. The van der Waals surface area contributed by atoms with Gasteiger partial charge in [0.25, 0.3) is 5.56 Å². The summed E-state index contributed by atoms with van der Waals surface area (Å²) in [4.78, 5) is 28.4. The Morgan fingerprint density at radius 1 is 1.33 bits per heavy atom. The third-order valence-electron chi connectivity index (χ3n) is 4.44. The van der Waals surface area contributed by atoms with Crippen molar-refractivity contribution in [2.75, 3.05) is 13.1 Å². The SMILES string of the molecule is O=C(O)N1CCC(c2cc(=O)[nH]c3cc(-c4cccs4)nn23)CC1. The van der Waals surface area contributed by atoms with Gasteiger partial charge >= 0.3 is 6.09 Å². The molecule has 1 fully saturated rings. The summed E-state index contributed by atoms with van der Waals surface area (Å²) in [6.07, 6.45) is 0.501. The van der Waals surface area contributed by atoms with Gasteiger partial charge in [-0.2, -0.15) is 5.10 Å². The van der Waals surface area contributed by atoms with E-state index in [1.807, 2.05) is 23.6 Å². The number of piperidine rings is 1. The van der Waals surface area contributed by atoms with Gasteiger partial charge in [0.2, 0.25) is 0 Å². The molecule has 0 aromatic carbocycles. The number of carboxylic acid groups (broad SMARTS) is 1. The molecule has 0 bridgehead atoms. The molecule has 0 spiro atoms. The van der Waals surface area contributed by atoms with Crippen LogP contribution < -0.4 is 5.56 Å². The largest absolute Gasteiger partial charge is 0.465 e. The van der Waals surface area contributed by atoms with Gasteiger partial charge in [-0.1, -0.05) is 6.07 Å². The zero-order valence-corrected chi connectivity index (χ0v) is 13.6. The first-order valence-corrected chi connectivity index (χ1v) is 8.64. The smallest absolute Gasteiger partial charge is 0.407 e. The van der Waals surface area contributed by atoms with Crippen LogP contribution in [0.5, 0.6) is 0 Å². The van der Waals surface area contributed by atoms with Crippen molar-refractivity contribution in [3.8, 4) is 10.6 Å². The number of aromatic nitrogens is 3. The number of nitrogens with one attached hydrogen (secondary N) is 1. The van der Waals surface area contributed by atoms with Gasteiger partial charge in [-0.3, -0.25) is 4.79 Å². The van der Waals surface area contributed by atoms with E-state index in [1.165, 1.54) is 4.90 Å². The van der Waals surface area contributed by atoms with Gasteiger partial charge < -0.3 is 15.0 Å². The number of hydrogen-bond acceptors (Lipinski definition) is 4. The predicted octanol–water partition coefficient (Wildman–Crippen LogP) is 2.61. The van der Waals surface area contributed by atoms with Crippen molar-refractivity contribution >= 4 is 23.1 Å². The van der Waals surface area contributed by atoms with E-state index in [9.17, 15) is 9.59 Å². The Hall–Kier alpha value is -2.61. The summed E-state index contributed by atoms with van der Waals surface area (Å²) in [5.74, 6) is 0.126. The minimum atomic E-state index is -0.886. The van der Waals surface area contributed by atoms with E-state index in [-0.39, 0.29) is 11.5 Å². The lowest BCUT2D eigenvalue weighted by Gasteiger charge is -2.30. The fraction of sp³-hybridized carbons (Fsp3) is 0.312. The molecule has 0 unspecified atom stereocenters. The van der Waals surface area contributed by atoms with Crippen LogP contribution in [0.1, 0.15) is 24.5 Å². The summed E-state index contributed by atoms with van der Waals surface area (Å²) >= 11 is 1.60. The molecule has 1 saturated heterocycles. The summed E-state index contributed by atoms with van der Waals surface area (Å²) in [7, 11) is 0. The van der Waals surface area contributed by atoms with Gasteiger partial charge in [-0.25, -0.2) is 9.31 Å². The first-order valence-electron chi connectivity index (χ1n) is 7.76. The predicted molar refractivity (Wildman–Crippen MR) is 90.7 cm³/mol. The van der Waals surface area contributed by atoms with E-state index < -0.39 is 6.09 Å². The Morgan fingerprint density at radius 3 is 2.79 bits per heavy atom. The monoisotopic (exact) mass is 344 g/mol. The van der Waals surface area contributed by atoms with Crippen LogP contribution in [-0.2, 0) is 0 Å². The molecule has 4 rings (SSSR count). The Balaban J connectivity index is 1.73. The number of likely N-dealkylation sites (tertiary alicyclic amines) is 1. The highest BCUT2D eigenvalue weighted by Gasteiger charge is 2.26. The van der Waals surface area contributed by atoms with E-state index in [2.05, 4.69) is 10.1 Å². The lowest BCUT2D eigenvalue weighted by atomic mass is 9.93. The van der Waals surface area contributed by atoms with Crippen LogP contribution >= 0.6 is 11.3 Å². The van der Waals surface area contributed by atoms with Gasteiger partial charge in [-0.15, -0.1) is 11.3 Å².